The van der Waals surface area contributed by atoms with E-state index in [2.05, 4.69) is 46.2 Å². The molecular formula is C21H24N2O2S. The van der Waals surface area contributed by atoms with Gasteiger partial charge < -0.3 is 14.8 Å². The summed E-state index contributed by atoms with van der Waals surface area (Å²) >= 11 is 1.72. The molecule has 0 saturated carbocycles. The molecule has 2 aromatic heterocycles. The molecule has 1 aromatic carbocycles. The van der Waals surface area contributed by atoms with Gasteiger partial charge in [0.1, 0.15) is 11.5 Å². The van der Waals surface area contributed by atoms with Crippen LogP contribution in [0.1, 0.15) is 28.4 Å². The minimum Gasteiger partial charge on any atom is -0.497 e. The van der Waals surface area contributed by atoms with Gasteiger partial charge >= 0.3 is 0 Å². The highest BCUT2D eigenvalue weighted by atomic mass is 32.1. The quantitative estimate of drug-likeness (QED) is 0.634. The molecule has 2 heterocycles. The predicted octanol–water partition coefficient (Wildman–Crippen LogP) is 4.54. The highest BCUT2D eigenvalue weighted by Crippen LogP contribution is 2.26. The van der Waals surface area contributed by atoms with E-state index in [4.69, 9.17) is 9.47 Å². The molecule has 0 fully saturated rings. The molecule has 0 bridgehead atoms. The minimum absolute atomic E-state index is 0.136. The van der Waals surface area contributed by atoms with Crippen molar-refractivity contribution < 1.29 is 9.47 Å². The van der Waals surface area contributed by atoms with Crippen molar-refractivity contribution in [1.29, 1.82) is 0 Å². The Hall–Kier alpha value is -2.37. The Labute approximate surface area is 158 Å². The molecule has 0 spiro atoms. The van der Waals surface area contributed by atoms with Crippen LogP contribution in [0.2, 0.25) is 0 Å². The summed E-state index contributed by atoms with van der Waals surface area (Å²) in [6.45, 7) is 2.75. The smallest absolute Gasteiger partial charge is 0.127 e. The van der Waals surface area contributed by atoms with Gasteiger partial charge in [0, 0.05) is 24.4 Å². The van der Waals surface area contributed by atoms with Gasteiger partial charge in [-0.3, -0.25) is 4.98 Å². The lowest BCUT2D eigenvalue weighted by molar-refractivity contribution is 0.388. The topological polar surface area (TPSA) is 43.4 Å². The van der Waals surface area contributed by atoms with Gasteiger partial charge in [0.05, 0.1) is 26.0 Å². The molecule has 1 N–H and O–H groups in total. The zero-order valence-electron chi connectivity index (χ0n) is 15.4. The van der Waals surface area contributed by atoms with Crippen molar-refractivity contribution in [1.82, 2.24) is 10.3 Å². The van der Waals surface area contributed by atoms with E-state index in [1.807, 2.05) is 24.4 Å². The van der Waals surface area contributed by atoms with Crippen molar-refractivity contribution in [3.05, 3.63) is 75.7 Å². The van der Waals surface area contributed by atoms with Gasteiger partial charge in [-0.1, -0.05) is 12.1 Å². The van der Waals surface area contributed by atoms with E-state index in [0.717, 1.165) is 29.2 Å². The Morgan fingerprint density at radius 1 is 1.12 bits per heavy atom. The molecule has 0 radical (unpaired) electrons. The zero-order valence-corrected chi connectivity index (χ0v) is 16.2. The number of aromatic nitrogens is 1. The number of aryl methyl sites for hydroxylation is 1. The number of nitrogens with one attached hydrogen (secondary N) is 1. The first-order chi connectivity index (χ1) is 12.7. The van der Waals surface area contributed by atoms with Crippen molar-refractivity contribution in [2.24, 2.45) is 0 Å². The van der Waals surface area contributed by atoms with Crippen LogP contribution in [-0.2, 0) is 13.0 Å². The van der Waals surface area contributed by atoms with Crippen molar-refractivity contribution in [2.75, 3.05) is 14.2 Å². The molecule has 26 heavy (non-hydrogen) atoms. The van der Waals surface area contributed by atoms with Crippen LogP contribution in [-0.4, -0.2) is 19.2 Å². The number of benzene rings is 1. The van der Waals surface area contributed by atoms with Gasteiger partial charge in [0.15, 0.2) is 0 Å². The van der Waals surface area contributed by atoms with Crippen LogP contribution in [0.25, 0.3) is 0 Å². The first-order valence-electron chi connectivity index (χ1n) is 8.57. The second-order valence-corrected chi connectivity index (χ2v) is 6.99. The maximum absolute atomic E-state index is 5.51. The third-order valence-corrected chi connectivity index (χ3v) is 5.08. The number of thiophene rings is 1. The minimum atomic E-state index is 0.136. The van der Waals surface area contributed by atoms with E-state index in [1.54, 1.807) is 25.6 Å². The van der Waals surface area contributed by atoms with E-state index >= 15 is 0 Å². The maximum atomic E-state index is 5.51. The van der Waals surface area contributed by atoms with E-state index in [9.17, 15) is 0 Å². The molecule has 4 nitrogen and oxygen atoms in total. The number of rotatable bonds is 8. The molecule has 1 atom stereocenters. The maximum Gasteiger partial charge on any atom is 0.127 e. The lowest BCUT2D eigenvalue weighted by atomic mass is 10.0. The van der Waals surface area contributed by atoms with Gasteiger partial charge in [-0.05, 0) is 53.4 Å². The molecule has 0 unspecified atom stereocenters. The number of hydrogen-bond donors (Lipinski definition) is 1. The third kappa shape index (κ3) is 4.62. The Kier molecular flexibility index (Phi) is 6.26. The molecule has 0 aliphatic heterocycles. The summed E-state index contributed by atoms with van der Waals surface area (Å²) in [7, 11) is 3.34. The fourth-order valence-corrected chi connectivity index (χ4v) is 3.52. The van der Waals surface area contributed by atoms with Crippen molar-refractivity contribution in [3.8, 4) is 11.5 Å². The number of ether oxygens (including phenoxy) is 2. The van der Waals surface area contributed by atoms with Gasteiger partial charge in [0.2, 0.25) is 0 Å². The largest absolute Gasteiger partial charge is 0.497 e. The Morgan fingerprint density at radius 2 is 2.00 bits per heavy atom. The van der Waals surface area contributed by atoms with Gasteiger partial charge in [-0.2, -0.15) is 11.3 Å². The monoisotopic (exact) mass is 368 g/mol. The van der Waals surface area contributed by atoms with Gasteiger partial charge in [0.25, 0.3) is 0 Å². The van der Waals surface area contributed by atoms with Gasteiger partial charge in [-0.25, -0.2) is 0 Å². The molecule has 3 aromatic rings. The van der Waals surface area contributed by atoms with Crippen LogP contribution in [0.3, 0.4) is 0 Å². The fraction of sp³-hybridized carbons (Fsp3) is 0.286. The van der Waals surface area contributed by atoms with E-state index in [1.165, 1.54) is 11.1 Å². The zero-order chi connectivity index (χ0) is 18.4. The second kappa shape index (κ2) is 8.83. The van der Waals surface area contributed by atoms with E-state index < -0.39 is 0 Å². The standard InChI is InChI=1S/C21H24N2O2S/c1-15-4-7-19(22-12-15)20(10-16-8-9-26-14-16)23-13-17-5-6-18(24-2)11-21(17)25-3/h4-9,11-12,14,20,23H,10,13H2,1-3H3/t20-/m1/s1. The van der Waals surface area contributed by atoms with E-state index in [0.29, 0.717) is 6.54 Å². The first-order valence-corrected chi connectivity index (χ1v) is 9.52. The summed E-state index contributed by atoms with van der Waals surface area (Å²) in [4.78, 5) is 4.63. The summed E-state index contributed by atoms with van der Waals surface area (Å²) in [6, 6.07) is 12.4. The predicted molar refractivity (Wildman–Crippen MR) is 106 cm³/mol. The Morgan fingerprint density at radius 3 is 2.65 bits per heavy atom. The number of methoxy groups -OCH3 is 2. The van der Waals surface area contributed by atoms with Crippen LogP contribution < -0.4 is 14.8 Å². The highest BCUT2D eigenvalue weighted by Gasteiger charge is 2.15. The lowest BCUT2D eigenvalue weighted by Gasteiger charge is -2.19. The number of nitrogens with zero attached hydrogens (tertiary/aromatic N) is 1. The summed E-state index contributed by atoms with van der Waals surface area (Å²) in [5, 5.41) is 7.95. The molecular weight excluding hydrogens is 344 g/mol. The Bertz CT molecular complexity index is 817. The molecule has 0 aliphatic carbocycles. The molecule has 136 valence electrons. The number of hydrogen-bond acceptors (Lipinski definition) is 5. The van der Waals surface area contributed by atoms with Crippen LogP contribution in [0.4, 0.5) is 0 Å². The summed E-state index contributed by atoms with van der Waals surface area (Å²) in [5.74, 6) is 1.61. The second-order valence-electron chi connectivity index (χ2n) is 6.21. The van der Waals surface area contributed by atoms with Crippen LogP contribution in [0.5, 0.6) is 11.5 Å². The summed E-state index contributed by atoms with van der Waals surface area (Å²) in [6.07, 6.45) is 2.82. The van der Waals surface area contributed by atoms with Gasteiger partial charge in [-0.15, -0.1) is 0 Å². The molecule has 0 saturated heterocycles. The van der Waals surface area contributed by atoms with E-state index in [-0.39, 0.29) is 6.04 Å². The summed E-state index contributed by atoms with van der Waals surface area (Å²) < 4.78 is 10.8. The molecule has 3 rings (SSSR count). The third-order valence-electron chi connectivity index (χ3n) is 4.34. The van der Waals surface area contributed by atoms with Crippen LogP contribution in [0, 0.1) is 6.92 Å². The van der Waals surface area contributed by atoms with Crippen molar-refractivity contribution >= 4 is 11.3 Å². The molecule has 0 aliphatic rings. The van der Waals surface area contributed by atoms with Crippen molar-refractivity contribution in [3.63, 3.8) is 0 Å². The number of pyridine rings is 1. The Balaban J connectivity index is 1.78. The van der Waals surface area contributed by atoms with Crippen LogP contribution in [0.15, 0.2) is 53.4 Å². The SMILES string of the molecule is COc1ccc(CN[C@H](Cc2ccsc2)c2ccc(C)cn2)c(OC)c1. The summed E-state index contributed by atoms with van der Waals surface area (Å²) in [5.41, 5.74) is 4.63. The highest BCUT2D eigenvalue weighted by molar-refractivity contribution is 7.07. The first kappa shape index (κ1) is 18.4. The molecule has 0 amide bonds. The van der Waals surface area contributed by atoms with Crippen LogP contribution >= 0.6 is 11.3 Å². The lowest BCUT2D eigenvalue weighted by Crippen LogP contribution is -2.24. The average molecular weight is 369 g/mol. The molecule has 5 heteroatoms. The normalized spacial score (nSPS) is 12.0. The van der Waals surface area contributed by atoms with Crippen molar-refractivity contribution in [2.45, 2.75) is 25.9 Å². The fourth-order valence-electron chi connectivity index (χ4n) is 2.84. The average Bonchev–Trinajstić information content (AvgIpc) is 3.19.